The second-order valence-electron chi connectivity index (χ2n) is 6.37. The zero-order valence-electron chi connectivity index (χ0n) is 12.6. The topological polar surface area (TPSA) is 35.2 Å². The molecule has 1 unspecified atom stereocenters. The van der Waals surface area contributed by atoms with Crippen molar-refractivity contribution in [3.63, 3.8) is 0 Å². The predicted molar refractivity (Wildman–Crippen MR) is 78.2 cm³/mol. The van der Waals surface area contributed by atoms with Gasteiger partial charge < -0.3 is 10.5 Å². The van der Waals surface area contributed by atoms with Crippen LogP contribution in [-0.2, 0) is 5.41 Å². The maximum absolute atomic E-state index is 6.00. The highest BCUT2D eigenvalue weighted by atomic mass is 16.5. The molecule has 0 aliphatic heterocycles. The van der Waals surface area contributed by atoms with Crippen LogP contribution < -0.4 is 10.5 Å². The zero-order valence-corrected chi connectivity index (χ0v) is 12.6. The van der Waals surface area contributed by atoms with Gasteiger partial charge in [0.2, 0.25) is 0 Å². The summed E-state index contributed by atoms with van der Waals surface area (Å²) < 4.78 is 6.00. The van der Waals surface area contributed by atoms with Gasteiger partial charge in [-0.2, -0.15) is 0 Å². The summed E-state index contributed by atoms with van der Waals surface area (Å²) in [5.41, 5.74) is 8.44. The van der Waals surface area contributed by atoms with Gasteiger partial charge in [0.05, 0.1) is 0 Å². The molecule has 0 heterocycles. The third-order valence-corrected chi connectivity index (χ3v) is 3.30. The summed E-state index contributed by atoms with van der Waals surface area (Å²) in [7, 11) is 0. The third kappa shape index (κ3) is 3.74. The van der Waals surface area contributed by atoms with Crippen LogP contribution >= 0.6 is 0 Å². The zero-order chi connectivity index (χ0) is 13.9. The molecule has 1 rings (SSSR count). The Labute approximate surface area is 112 Å². The Hall–Kier alpha value is -1.02. The van der Waals surface area contributed by atoms with Crippen LogP contribution in [0.4, 0.5) is 0 Å². The van der Waals surface area contributed by atoms with E-state index in [1.165, 1.54) is 11.1 Å². The molecule has 2 nitrogen and oxygen atoms in total. The fourth-order valence-electron chi connectivity index (χ4n) is 1.87. The Balaban J connectivity index is 2.93. The molecule has 1 aromatic carbocycles. The van der Waals surface area contributed by atoms with E-state index in [2.05, 4.69) is 59.7 Å². The highest BCUT2D eigenvalue weighted by Crippen LogP contribution is 2.28. The lowest BCUT2D eigenvalue weighted by molar-refractivity contribution is 0.158. The summed E-state index contributed by atoms with van der Waals surface area (Å²) in [6.07, 6.45) is 0.0872. The summed E-state index contributed by atoms with van der Waals surface area (Å²) in [5, 5.41) is 0. The van der Waals surface area contributed by atoms with Crippen molar-refractivity contribution in [2.24, 2.45) is 11.7 Å². The smallest absolute Gasteiger partial charge is 0.122 e. The lowest BCUT2D eigenvalue weighted by Gasteiger charge is -2.24. The molecule has 0 spiro atoms. The standard InChI is InChI=1S/C16H27NO/c1-11(2)15(10-17)18-14-8-7-13(9-12(14)3)16(4,5)6/h7-9,11,15H,10,17H2,1-6H3. The van der Waals surface area contributed by atoms with Crippen molar-refractivity contribution >= 4 is 0 Å². The maximum atomic E-state index is 6.00. The third-order valence-electron chi connectivity index (χ3n) is 3.30. The van der Waals surface area contributed by atoms with Crippen LogP contribution in [0, 0.1) is 12.8 Å². The van der Waals surface area contributed by atoms with E-state index in [1.807, 2.05) is 0 Å². The first-order chi connectivity index (χ1) is 8.25. The summed E-state index contributed by atoms with van der Waals surface area (Å²) in [6.45, 7) is 13.6. The van der Waals surface area contributed by atoms with E-state index in [9.17, 15) is 0 Å². The average Bonchev–Trinajstić information content (AvgIpc) is 2.25. The van der Waals surface area contributed by atoms with Crippen LogP contribution in [0.25, 0.3) is 0 Å². The van der Waals surface area contributed by atoms with E-state index in [0.29, 0.717) is 12.5 Å². The fraction of sp³-hybridized carbons (Fsp3) is 0.625. The molecule has 0 saturated heterocycles. The first kappa shape index (κ1) is 15.0. The molecule has 0 aliphatic rings. The monoisotopic (exact) mass is 249 g/mol. The van der Waals surface area contributed by atoms with Crippen molar-refractivity contribution in [2.75, 3.05) is 6.54 Å². The van der Waals surface area contributed by atoms with Crippen molar-refractivity contribution in [3.05, 3.63) is 29.3 Å². The van der Waals surface area contributed by atoms with Crippen molar-refractivity contribution in [1.82, 2.24) is 0 Å². The molecular weight excluding hydrogens is 222 g/mol. The molecule has 18 heavy (non-hydrogen) atoms. The van der Waals surface area contributed by atoms with E-state index in [0.717, 1.165) is 5.75 Å². The van der Waals surface area contributed by atoms with Gasteiger partial charge in [-0.15, -0.1) is 0 Å². The molecule has 0 amide bonds. The number of ether oxygens (including phenoxy) is 1. The molecule has 0 saturated carbocycles. The number of hydrogen-bond acceptors (Lipinski definition) is 2. The predicted octanol–water partition coefficient (Wildman–Crippen LogP) is 3.65. The van der Waals surface area contributed by atoms with Gasteiger partial charge in [-0.3, -0.25) is 0 Å². The number of hydrogen-bond donors (Lipinski definition) is 1. The van der Waals surface area contributed by atoms with Crippen molar-refractivity contribution in [1.29, 1.82) is 0 Å². The Morgan fingerprint density at radius 2 is 1.83 bits per heavy atom. The van der Waals surface area contributed by atoms with Gasteiger partial charge in [0, 0.05) is 6.54 Å². The number of aryl methyl sites for hydroxylation is 1. The Bertz CT molecular complexity index is 391. The first-order valence-corrected chi connectivity index (χ1v) is 6.73. The van der Waals surface area contributed by atoms with Gasteiger partial charge in [0.25, 0.3) is 0 Å². The summed E-state index contributed by atoms with van der Waals surface area (Å²) >= 11 is 0. The summed E-state index contributed by atoms with van der Waals surface area (Å²) in [6, 6.07) is 6.43. The Morgan fingerprint density at radius 3 is 2.22 bits per heavy atom. The summed E-state index contributed by atoms with van der Waals surface area (Å²) in [5.74, 6) is 1.38. The second kappa shape index (κ2) is 5.75. The van der Waals surface area contributed by atoms with Crippen LogP contribution in [0.3, 0.4) is 0 Å². The molecule has 2 N–H and O–H groups in total. The van der Waals surface area contributed by atoms with Gasteiger partial charge in [0.15, 0.2) is 0 Å². The minimum absolute atomic E-state index is 0.0872. The fourth-order valence-corrected chi connectivity index (χ4v) is 1.87. The van der Waals surface area contributed by atoms with Gasteiger partial charge in [0.1, 0.15) is 11.9 Å². The molecule has 102 valence electrons. The van der Waals surface area contributed by atoms with Gasteiger partial charge in [-0.25, -0.2) is 0 Å². The van der Waals surface area contributed by atoms with Crippen molar-refractivity contribution < 1.29 is 4.74 Å². The highest BCUT2D eigenvalue weighted by Gasteiger charge is 2.17. The minimum Gasteiger partial charge on any atom is -0.489 e. The van der Waals surface area contributed by atoms with E-state index >= 15 is 0 Å². The molecular formula is C16H27NO. The van der Waals surface area contributed by atoms with Crippen molar-refractivity contribution in [2.45, 2.75) is 53.1 Å². The molecule has 1 atom stereocenters. The van der Waals surface area contributed by atoms with E-state index < -0.39 is 0 Å². The number of nitrogens with two attached hydrogens (primary N) is 1. The van der Waals surface area contributed by atoms with Crippen LogP contribution in [-0.4, -0.2) is 12.6 Å². The molecule has 2 heteroatoms. The molecule has 0 fully saturated rings. The van der Waals surface area contributed by atoms with Crippen LogP contribution in [0.2, 0.25) is 0 Å². The van der Waals surface area contributed by atoms with Crippen LogP contribution in [0.15, 0.2) is 18.2 Å². The van der Waals surface area contributed by atoms with E-state index in [-0.39, 0.29) is 11.5 Å². The maximum Gasteiger partial charge on any atom is 0.122 e. The Morgan fingerprint density at radius 1 is 1.22 bits per heavy atom. The molecule has 0 aliphatic carbocycles. The number of benzene rings is 1. The van der Waals surface area contributed by atoms with Gasteiger partial charge >= 0.3 is 0 Å². The van der Waals surface area contributed by atoms with Crippen molar-refractivity contribution in [3.8, 4) is 5.75 Å². The Kier molecular flexibility index (Phi) is 4.80. The lowest BCUT2D eigenvalue weighted by Crippen LogP contribution is -2.32. The SMILES string of the molecule is Cc1cc(C(C)(C)C)ccc1OC(CN)C(C)C. The first-order valence-electron chi connectivity index (χ1n) is 6.73. The minimum atomic E-state index is 0.0872. The normalized spacial score (nSPS) is 13.8. The van der Waals surface area contributed by atoms with E-state index in [4.69, 9.17) is 10.5 Å². The van der Waals surface area contributed by atoms with Gasteiger partial charge in [-0.1, -0.05) is 46.8 Å². The average molecular weight is 249 g/mol. The second-order valence-corrected chi connectivity index (χ2v) is 6.37. The largest absolute Gasteiger partial charge is 0.489 e. The molecule has 1 aromatic rings. The highest BCUT2D eigenvalue weighted by molar-refractivity contribution is 5.38. The summed E-state index contributed by atoms with van der Waals surface area (Å²) in [4.78, 5) is 0. The number of rotatable bonds is 4. The molecule has 0 bridgehead atoms. The van der Waals surface area contributed by atoms with Crippen LogP contribution in [0.5, 0.6) is 5.75 Å². The molecule has 0 aromatic heterocycles. The molecule has 0 radical (unpaired) electrons. The van der Waals surface area contributed by atoms with Gasteiger partial charge in [-0.05, 0) is 35.4 Å². The van der Waals surface area contributed by atoms with Crippen LogP contribution in [0.1, 0.15) is 45.7 Å². The quantitative estimate of drug-likeness (QED) is 0.884. The lowest BCUT2D eigenvalue weighted by atomic mass is 9.86. The van der Waals surface area contributed by atoms with E-state index in [1.54, 1.807) is 0 Å².